The summed E-state index contributed by atoms with van der Waals surface area (Å²) in [6.45, 7) is 3.86. The van der Waals surface area contributed by atoms with Gasteiger partial charge in [-0.25, -0.2) is 4.68 Å². The lowest BCUT2D eigenvalue weighted by Gasteiger charge is -2.12. The second-order valence-corrected chi connectivity index (χ2v) is 6.13. The highest BCUT2D eigenvalue weighted by atomic mass is 16.2. The lowest BCUT2D eigenvalue weighted by Crippen LogP contribution is -2.24. The van der Waals surface area contributed by atoms with E-state index in [4.69, 9.17) is 5.73 Å². The molecule has 3 heterocycles. The van der Waals surface area contributed by atoms with Crippen LogP contribution in [0.2, 0.25) is 0 Å². The van der Waals surface area contributed by atoms with Gasteiger partial charge in [0.15, 0.2) is 0 Å². The summed E-state index contributed by atoms with van der Waals surface area (Å²) < 4.78 is 3.00. The van der Waals surface area contributed by atoms with E-state index >= 15 is 0 Å². The van der Waals surface area contributed by atoms with Gasteiger partial charge in [-0.3, -0.25) is 24.3 Å². The molecule has 0 saturated heterocycles. The highest BCUT2D eigenvalue weighted by Crippen LogP contribution is 2.23. The van der Waals surface area contributed by atoms with Crippen molar-refractivity contribution >= 4 is 17.6 Å². The molecule has 1 aliphatic rings. The third-order valence-corrected chi connectivity index (χ3v) is 4.32. The Kier molecular flexibility index (Phi) is 3.30. The van der Waals surface area contributed by atoms with Gasteiger partial charge in [0.2, 0.25) is 0 Å². The Bertz CT molecular complexity index is 1140. The minimum atomic E-state index is -0.610. The zero-order chi connectivity index (χ0) is 18.6. The van der Waals surface area contributed by atoms with Gasteiger partial charge in [-0.1, -0.05) is 0 Å². The average Bonchev–Trinajstić information content (AvgIpc) is 3.06. The van der Waals surface area contributed by atoms with Crippen LogP contribution in [0.25, 0.3) is 11.4 Å². The molecule has 130 valence electrons. The molecule has 1 aromatic carbocycles. The second kappa shape index (κ2) is 5.41. The van der Waals surface area contributed by atoms with Gasteiger partial charge in [0, 0.05) is 11.8 Å². The van der Waals surface area contributed by atoms with Crippen molar-refractivity contribution in [2.24, 2.45) is 0 Å². The predicted molar refractivity (Wildman–Crippen MR) is 94.8 cm³/mol. The summed E-state index contributed by atoms with van der Waals surface area (Å²) in [4.78, 5) is 36.1. The van der Waals surface area contributed by atoms with Gasteiger partial charge >= 0.3 is 0 Å². The Labute approximate surface area is 147 Å². The van der Waals surface area contributed by atoms with Gasteiger partial charge in [0.1, 0.15) is 5.82 Å². The molecule has 0 radical (unpaired) electrons. The third-order valence-electron chi connectivity index (χ3n) is 4.32. The first kappa shape index (κ1) is 15.8. The SMILES string of the molecule is Cc1cc(C)n(-c2ccc(-n3c(N)c4c(cc3=O)C(=O)NC4=O)cc2)n1. The van der Waals surface area contributed by atoms with E-state index in [1.165, 1.54) is 4.57 Å². The molecule has 2 aromatic heterocycles. The van der Waals surface area contributed by atoms with Gasteiger partial charge in [-0.05, 0) is 44.2 Å². The van der Waals surface area contributed by atoms with Crippen molar-refractivity contribution in [3.63, 3.8) is 0 Å². The van der Waals surface area contributed by atoms with Crippen LogP contribution in [0.5, 0.6) is 0 Å². The van der Waals surface area contributed by atoms with E-state index in [0.29, 0.717) is 5.69 Å². The number of carbonyl (C=O) groups excluding carboxylic acids is 2. The van der Waals surface area contributed by atoms with E-state index in [1.54, 1.807) is 28.9 Å². The van der Waals surface area contributed by atoms with Crippen molar-refractivity contribution in [1.82, 2.24) is 19.7 Å². The van der Waals surface area contributed by atoms with Crippen molar-refractivity contribution in [3.05, 3.63) is 69.3 Å². The number of nitrogens with two attached hydrogens (primary N) is 1. The number of rotatable bonds is 2. The summed E-state index contributed by atoms with van der Waals surface area (Å²) in [5.41, 5.74) is 8.80. The molecule has 0 bridgehead atoms. The van der Waals surface area contributed by atoms with Crippen LogP contribution < -0.4 is 16.6 Å². The number of nitrogens with zero attached hydrogens (tertiary/aromatic N) is 3. The van der Waals surface area contributed by atoms with Crippen molar-refractivity contribution in [1.29, 1.82) is 0 Å². The molecular formula is C18H15N5O3. The minimum Gasteiger partial charge on any atom is -0.384 e. The molecule has 0 fully saturated rings. The van der Waals surface area contributed by atoms with E-state index in [2.05, 4.69) is 10.4 Å². The lowest BCUT2D eigenvalue weighted by atomic mass is 10.1. The van der Waals surface area contributed by atoms with E-state index in [1.807, 2.05) is 19.9 Å². The average molecular weight is 349 g/mol. The van der Waals surface area contributed by atoms with Gasteiger partial charge in [0.05, 0.1) is 28.2 Å². The largest absolute Gasteiger partial charge is 0.384 e. The fourth-order valence-corrected chi connectivity index (χ4v) is 3.18. The monoisotopic (exact) mass is 349 g/mol. The van der Waals surface area contributed by atoms with E-state index in [9.17, 15) is 14.4 Å². The Morgan fingerprint density at radius 2 is 1.62 bits per heavy atom. The molecule has 4 rings (SSSR count). The molecule has 0 atom stereocenters. The zero-order valence-corrected chi connectivity index (χ0v) is 14.1. The number of benzene rings is 1. The molecule has 1 aliphatic heterocycles. The summed E-state index contributed by atoms with van der Waals surface area (Å²) in [5.74, 6) is -1.27. The molecule has 3 N–H and O–H groups in total. The number of amides is 2. The smallest absolute Gasteiger partial charge is 0.262 e. The van der Waals surface area contributed by atoms with Crippen LogP contribution in [0.1, 0.15) is 32.1 Å². The number of nitrogen functional groups attached to an aromatic ring is 1. The predicted octanol–water partition coefficient (Wildman–Crippen LogP) is 1.11. The molecule has 8 nitrogen and oxygen atoms in total. The number of carbonyl (C=O) groups is 2. The van der Waals surface area contributed by atoms with Crippen LogP contribution >= 0.6 is 0 Å². The van der Waals surface area contributed by atoms with Crippen LogP contribution in [0.3, 0.4) is 0 Å². The van der Waals surface area contributed by atoms with Crippen molar-refractivity contribution < 1.29 is 9.59 Å². The van der Waals surface area contributed by atoms with Crippen LogP contribution in [-0.2, 0) is 0 Å². The lowest BCUT2D eigenvalue weighted by molar-refractivity contribution is 0.0880. The number of anilines is 1. The Morgan fingerprint density at radius 1 is 0.962 bits per heavy atom. The Morgan fingerprint density at radius 3 is 2.23 bits per heavy atom. The number of pyridine rings is 1. The molecule has 0 spiro atoms. The summed E-state index contributed by atoms with van der Waals surface area (Å²) in [6, 6.07) is 10.1. The minimum absolute atomic E-state index is 0.00742. The second-order valence-electron chi connectivity index (χ2n) is 6.13. The fourth-order valence-electron chi connectivity index (χ4n) is 3.18. The molecule has 26 heavy (non-hydrogen) atoms. The summed E-state index contributed by atoms with van der Waals surface area (Å²) in [5, 5.41) is 6.56. The van der Waals surface area contributed by atoms with Crippen LogP contribution in [0.4, 0.5) is 5.82 Å². The highest BCUT2D eigenvalue weighted by molar-refractivity contribution is 6.23. The van der Waals surface area contributed by atoms with Gasteiger partial charge in [-0.15, -0.1) is 0 Å². The van der Waals surface area contributed by atoms with Crippen LogP contribution in [0.15, 0.2) is 41.2 Å². The van der Waals surface area contributed by atoms with E-state index < -0.39 is 17.4 Å². The number of aromatic nitrogens is 3. The molecule has 0 saturated carbocycles. The van der Waals surface area contributed by atoms with Crippen LogP contribution in [-0.4, -0.2) is 26.2 Å². The standard InChI is InChI=1S/C18H15N5O3/c1-9-7-10(2)23(21-9)12-5-3-11(4-6-12)22-14(24)8-13-15(16(22)19)18(26)20-17(13)25/h3-8H,19H2,1-2H3,(H,20,25,26). The third kappa shape index (κ3) is 2.23. The maximum Gasteiger partial charge on any atom is 0.262 e. The van der Waals surface area contributed by atoms with Gasteiger partial charge in [0.25, 0.3) is 17.4 Å². The first-order chi connectivity index (χ1) is 12.4. The van der Waals surface area contributed by atoms with E-state index in [0.717, 1.165) is 23.1 Å². The highest BCUT2D eigenvalue weighted by Gasteiger charge is 2.31. The molecule has 0 aliphatic carbocycles. The molecule has 0 unspecified atom stereocenters. The maximum atomic E-state index is 12.4. The van der Waals surface area contributed by atoms with Crippen molar-refractivity contribution in [3.8, 4) is 11.4 Å². The number of aryl methyl sites for hydroxylation is 2. The number of nitrogens with one attached hydrogen (secondary N) is 1. The number of fused-ring (bicyclic) bond motifs is 1. The molecule has 2 amide bonds. The molecular weight excluding hydrogens is 334 g/mol. The van der Waals surface area contributed by atoms with Crippen molar-refractivity contribution in [2.75, 3.05) is 5.73 Å². The Balaban J connectivity index is 1.83. The summed E-state index contributed by atoms with van der Waals surface area (Å²) in [6.07, 6.45) is 0. The number of hydrogen-bond acceptors (Lipinski definition) is 5. The van der Waals surface area contributed by atoms with E-state index in [-0.39, 0.29) is 16.9 Å². The summed E-state index contributed by atoms with van der Waals surface area (Å²) >= 11 is 0. The zero-order valence-electron chi connectivity index (χ0n) is 14.1. The first-order valence-corrected chi connectivity index (χ1v) is 7.92. The van der Waals surface area contributed by atoms with Gasteiger partial charge < -0.3 is 5.73 Å². The summed E-state index contributed by atoms with van der Waals surface area (Å²) in [7, 11) is 0. The maximum absolute atomic E-state index is 12.4. The quantitative estimate of drug-likeness (QED) is 0.673. The normalized spacial score (nSPS) is 13.0. The Hall–Kier alpha value is -3.68. The van der Waals surface area contributed by atoms with Crippen molar-refractivity contribution in [2.45, 2.75) is 13.8 Å². The molecule has 3 aromatic rings. The fraction of sp³-hybridized carbons (Fsp3) is 0.111. The van der Waals surface area contributed by atoms with Crippen LogP contribution in [0, 0.1) is 13.8 Å². The number of imide groups is 1. The number of hydrogen-bond donors (Lipinski definition) is 2. The topological polar surface area (TPSA) is 112 Å². The first-order valence-electron chi connectivity index (χ1n) is 7.92. The van der Waals surface area contributed by atoms with Gasteiger partial charge in [-0.2, -0.15) is 5.10 Å². The molecule has 8 heteroatoms.